The van der Waals surface area contributed by atoms with Gasteiger partial charge in [0.25, 0.3) is 0 Å². The van der Waals surface area contributed by atoms with Crippen LogP contribution in [0, 0.1) is 0 Å². The first kappa shape index (κ1) is 16.2. The van der Waals surface area contributed by atoms with E-state index in [4.69, 9.17) is 12.2 Å². The second kappa shape index (κ2) is 6.94. The van der Waals surface area contributed by atoms with Crippen LogP contribution in [-0.2, 0) is 0 Å². The van der Waals surface area contributed by atoms with Crippen molar-refractivity contribution in [2.45, 2.75) is 0 Å². The molecule has 0 unspecified atom stereocenters. The smallest absolute Gasteiger partial charge is 0.307 e. The molecular formula is C22H16N2OS. The van der Waals surface area contributed by atoms with Gasteiger partial charge in [-0.3, -0.25) is 5.32 Å². The van der Waals surface area contributed by atoms with Crippen LogP contribution < -0.4 is 10.6 Å². The second-order valence-electron chi connectivity index (χ2n) is 5.96. The van der Waals surface area contributed by atoms with Crippen molar-refractivity contribution in [1.82, 2.24) is 5.32 Å². The first-order chi connectivity index (χ1) is 12.7. The van der Waals surface area contributed by atoms with Crippen LogP contribution in [0.5, 0.6) is 0 Å². The van der Waals surface area contributed by atoms with E-state index in [1.165, 1.54) is 0 Å². The number of carbonyl (C=O) groups is 1. The van der Waals surface area contributed by atoms with E-state index in [9.17, 15) is 4.79 Å². The molecule has 0 aliphatic heterocycles. The van der Waals surface area contributed by atoms with E-state index in [1.807, 2.05) is 84.9 Å². The maximum atomic E-state index is 12.5. The number of fused-ring (bicyclic) bond motifs is 2. The van der Waals surface area contributed by atoms with Crippen molar-refractivity contribution in [2.24, 2.45) is 0 Å². The molecule has 26 heavy (non-hydrogen) atoms. The van der Waals surface area contributed by atoms with Gasteiger partial charge in [-0.2, -0.15) is 0 Å². The first-order valence-corrected chi connectivity index (χ1v) is 8.71. The largest absolute Gasteiger partial charge is 0.324 e. The summed E-state index contributed by atoms with van der Waals surface area (Å²) in [5.41, 5.74) is 1.59. The SMILES string of the molecule is O=C(NC(=S)c1cccc2ccccc12)Nc1cccc2ccccc12. The van der Waals surface area contributed by atoms with Gasteiger partial charge < -0.3 is 5.32 Å². The van der Waals surface area contributed by atoms with Crippen LogP contribution in [0.15, 0.2) is 84.9 Å². The highest BCUT2D eigenvalue weighted by molar-refractivity contribution is 7.80. The zero-order chi connectivity index (χ0) is 17.9. The number of urea groups is 1. The van der Waals surface area contributed by atoms with Gasteiger partial charge in [-0.25, -0.2) is 4.79 Å². The molecular weight excluding hydrogens is 340 g/mol. The highest BCUT2D eigenvalue weighted by Gasteiger charge is 2.11. The Bertz CT molecular complexity index is 1130. The number of anilines is 1. The molecule has 0 aliphatic carbocycles. The van der Waals surface area contributed by atoms with Gasteiger partial charge in [0.05, 0.1) is 5.69 Å². The lowest BCUT2D eigenvalue weighted by Crippen LogP contribution is -2.33. The Labute approximate surface area is 156 Å². The minimum Gasteiger partial charge on any atom is -0.307 e. The van der Waals surface area contributed by atoms with Gasteiger partial charge in [0, 0.05) is 10.9 Å². The molecule has 3 nitrogen and oxygen atoms in total. The number of hydrogen-bond donors (Lipinski definition) is 2. The molecule has 0 aromatic heterocycles. The van der Waals surface area contributed by atoms with Crippen LogP contribution in [0.2, 0.25) is 0 Å². The number of benzene rings is 4. The zero-order valence-corrected chi connectivity index (χ0v) is 14.7. The van der Waals surface area contributed by atoms with E-state index in [1.54, 1.807) is 0 Å². The molecule has 4 aromatic rings. The third-order valence-corrected chi connectivity index (χ3v) is 4.62. The Hall–Kier alpha value is -3.24. The van der Waals surface area contributed by atoms with Gasteiger partial charge >= 0.3 is 6.03 Å². The first-order valence-electron chi connectivity index (χ1n) is 8.30. The average Bonchev–Trinajstić information content (AvgIpc) is 2.67. The Morgan fingerprint density at radius 1 is 0.692 bits per heavy atom. The standard InChI is InChI=1S/C22H16N2OS/c25-22(23-20-14-6-10-16-8-2-4-12-18(16)20)24-21(26)19-13-5-9-15-7-1-3-11-17(15)19/h1-14H,(H2,23,24,25,26). The molecule has 0 fully saturated rings. The van der Waals surface area contributed by atoms with Crippen LogP contribution in [0.1, 0.15) is 5.56 Å². The molecule has 0 bridgehead atoms. The van der Waals surface area contributed by atoms with Crippen molar-refractivity contribution in [3.8, 4) is 0 Å². The fourth-order valence-electron chi connectivity index (χ4n) is 3.08. The van der Waals surface area contributed by atoms with Crippen molar-refractivity contribution < 1.29 is 4.79 Å². The van der Waals surface area contributed by atoms with Crippen LogP contribution in [-0.4, -0.2) is 11.0 Å². The summed E-state index contributed by atoms with van der Waals surface area (Å²) in [6.45, 7) is 0. The van der Waals surface area contributed by atoms with Crippen molar-refractivity contribution in [3.63, 3.8) is 0 Å². The van der Waals surface area contributed by atoms with Gasteiger partial charge in [-0.05, 0) is 22.2 Å². The Balaban J connectivity index is 1.57. The minimum absolute atomic E-state index is 0.348. The van der Waals surface area contributed by atoms with Gasteiger partial charge in [0.1, 0.15) is 4.99 Å². The van der Waals surface area contributed by atoms with E-state index >= 15 is 0 Å². The van der Waals surface area contributed by atoms with Crippen molar-refractivity contribution in [3.05, 3.63) is 90.5 Å². The fourth-order valence-corrected chi connectivity index (χ4v) is 3.35. The summed E-state index contributed by atoms with van der Waals surface area (Å²) in [4.78, 5) is 12.9. The third kappa shape index (κ3) is 3.15. The topological polar surface area (TPSA) is 41.1 Å². The van der Waals surface area contributed by atoms with Gasteiger partial charge in [-0.15, -0.1) is 0 Å². The molecule has 4 rings (SSSR count). The van der Waals surface area contributed by atoms with Crippen LogP contribution in [0.4, 0.5) is 10.5 Å². The van der Waals surface area contributed by atoms with Crippen LogP contribution in [0.25, 0.3) is 21.5 Å². The van der Waals surface area contributed by atoms with E-state index < -0.39 is 0 Å². The lowest BCUT2D eigenvalue weighted by molar-refractivity contribution is 0.256. The number of hydrogen-bond acceptors (Lipinski definition) is 2. The minimum atomic E-state index is -0.348. The molecule has 0 atom stereocenters. The summed E-state index contributed by atoms with van der Waals surface area (Å²) in [7, 11) is 0. The van der Waals surface area contributed by atoms with Gasteiger partial charge in [0.2, 0.25) is 0 Å². The molecule has 4 heteroatoms. The highest BCUT2D eigenvalue weighted by Crippen LogP contribution is 2.23. The maximum absolute atomic E-state index is 12.5. The lowest BCUT2D eigenvalue weighted by Gasteiger charge is -2.12. The molecule has 4 aromatic carbocycles. The molecule has 0 radical (unpaired) electrons. The molecule has 2 amide bonds. The summed E-state index contributed by atoms with van der Waals surface area (Å²) in [6, 6.07) is 27.2. The molecule has 2 N–H and O–H groups in total. The van der Waals surface area contributed by atoms with Crippen LogP contribution in [0.3, 0.4) is 0 Å². The molecule has 0 aliphatic rings. The summed E-state index contributed by atoms with van der Waals surface area (Å²) in [6.07, 6.45) is 0. The molecule has 0 saturated heterocycles. The monoisotopic (exact) mass is 356 g/mol. The number of carbonyl (C=O) groups excluding carboxylic acids is 1. The van der Waals surface area contributed by atoms with E-state index in [2.05, 4.69) is 10.6 Å². The average molecular weight is 356 g/mol. The molecule has 126 valence electrons. The lowest BCUT2D eigenvalue weighted by atomic mass is 10.0. The quantitative estimate of drug-likeness (QED) is 0.466. The predicted molar refractivity (Wildman–Crippen MR) is 112 cm³/mol. The zero-order valence-electron chi connectivity index (χ0n) is 13.9. The predicted octanol–water partition coefficient (Wildman–Crippen LogP) is 5.49. The Kier molecular flexibility index (Phi) is 4.33. The Morgan fingerprint density at radius 3 is 2.04 bits per heavy atom. The highest BCUT2D eigenvalue weighted by atomic mass is 32.1. The summed E-state index contributed by atoms with van der Waals surface area (Å²) < 4.78 is 0. The molecule has 0 spiro atoms. The van der Waals surface area contributed by atoms with Gasteiger partial charge in [0.15, 0.2) is 0 Å². The van der Waals surface area contributed by atoms with Crippen molar-refractivity contribution in [2.75, 3.05) is 5.32 Å². The van der Waals surface area contributed by atoms with Crippen LogP contribution >= 0.6 is 12.2 Å². The molecule has 0 saturated carbocycles. The maximum Gasteiger partial charge on any atom is 0.324 e. The fraction of sp³-hybridized carbons (Fsp3) is 0. The number of thiocarbonyl (C=S) groups is 1. The van der Waals surface area contributed by atoms with E-state index in [-0.39, 0.29) is 6.03 Å². The van der Waals surface area contributed by atoms with Crippen molar-refractivity contribution >= 4 is 50.5 Å². The normalized spacial score (nSPS) is 10.6. The van der Waals surface area contributed by atoms with E-state index in [0.29, 0.717) is 4.99 Å². The number of rotatable bonds is 2. The number of nitrogens with one attached hydrogen (secondary N) is 2. The molecule has 0 heterocycles. The van der Waals surface area contributed by atoms with Crippen molar-refractivity contribution in [1.29, 1.82) is 0 Å². The third-order valence-electron chi connectivity index (χ3n) is 4.30. The summed E-state index contributed by atoms with van der Waals surface area (Å²) in [5, 5.41) is 9.84. The van der Waals surface area contributed by atoms with Gasteiger partial charge in [-0.1, -0.05) is 91.1 Å². The van der Waals surface area contributed by atoms with E-state index in [0.717, 1.165) is 32.8 Å². The summed E-state index contributed by atoms with van der Waals surface area (Å²) in [5.74, 6) is 0. The summed E-state index contributed by atoms with van der Waals surface area (Å²) >= 11 is 5.46. The Morgan fingerprint density at radius 2 is 1.27 bits per heavy atom. The second-order valence-corrected chi connectivity index (χ2v) is 6.37. The number of amides is 2.